The number of thioether (sulfide) groups is 1. The van der Waals surface area contributed by atoms with Crippen molar-refractivity contribution >= 4 is 50.7 Å². The quantitative estimate of drug-likeness (QED) is 0.467. The molecule has 3 heterocycles. The molecule has 0 N–H and O–H groups in total. The molecular formula is C24H32BrN3O3S. The van der Waals surface area contributed by atoms with Gasteiger partial charge in [-0.3, -0.25) is 14.7 Å². The maximum absolute atomic E-state index is 13.5. The minimum atomic E-state index is 0.0944. The van der Waals surface area contributed by atoms with Crippen LogP contribution in [0.3, 0.4) is 0 Å². The van der Waals surface area contributed by atoms with Crippen LogP contribution in [0, 0.1) is 0 Å². The van der Waals surface area contributed by atoms with Crippen LogP contribution in [0.15, 0.2) is 24.9 Å². The number of rotatable bonds is 4. The van der Waals surface area contributed by atoms with Crippen molar-refractivity contribution in [3.63, 3.8) is 0 Å². The molecule has 174 valence electrons. The Morgan fingerprint density at radius 3 is 2.44 bits per heavy atom. The number of hydrogen-bond donors (Lipinski definition) is 0. The third kappa shape index (κ3) is 4.97. The van der Waals surface area contributed by atoms with Crippen LogP contribution in [-0.4, -0.2) is 54.4 Å². The van der Waals surface area contributed by atoms with Crippen LogP contribution >= 0.6 is 27.7 Å². The molecule has 1 amide bonds. The van der Waals surface area contributed by atoms with E-state index in [1.807, 2.05) is 17.0 Å². The number of morpholine rings is 1. The molecule has 2 aliphatic heterocycles. The first-order valence-corrected chi connectivity index (χ1v) is 13.7. The fourth-order valence-corrected chi connectivity index (χ4v) is 6.81. The van der Waals surface area contributed by atoms with E-state index in [4.69, 9.17) is 14.1 Å². The normalized spacial score (nSPS) is 26.6. The van der Waals surface area contributed by atoms with Crippen molar-refractivity contribution in [1.82, 2.24) is 4.90 Å². The van der Waals surface area contributed by atoms with Gasteiger partial charge in [0.25, 0.3) is 5.91 Å². The highest BCUT2D eigenvalue weighted by Gasteiger charge is 2.39. The number of anilines is 1. The van der Waals surface area contributed by atoms with Gasteiger partial charge in [-0.25, -0.2) is 0 Å². The summed E-state index contributed by atoms with van der Waals surface area (Å²) in [6, 6.07) is 2.60. The Labute approximate surface area is 202 Å². The number of carbonyl (C=O) groups is 1. The molecule has 2 aliphatic carbocycles. The summed E-state index contributed by atoms with van der Waals surface area (Å²) in [6.07, 6.45) is 13.8. The predicted octanol–water partition coefficient (Wildman–Crippen LogP) is 5.82. The van der Waals surface area contributed by atoms with Crippen LogP contribution in [0.1, 0.15) is 70.0 Å². The van der Waals surface area contributed by atoms with Gasteiger partial charge in [0.2, 0.25) is 5.88 Å². The van der Waals surface area contributed by atoms with E-state index in [2.05, 4.69) is 20.8 Å². The molecule has 5 rings (SSSR count). The molecule has 1 aromatic heterocycles. The number of hydrogen-bond acceptors (Lipinski definition) is 6. The van der Waals surface area contributed by atoms with Gasteiger partial charge in [0.15, 0.2) is 5.17 Å². The van der Waals surface area contributed by atoms with Gasteiger partial charge < -0.3 is 14.1 Å². The maximum Gasteiger partial charge on any atom is 0.267 e. The summed E-state index contributed by atoms with van der Waals surface area (Å²) in [5.74, 6) is 1.62. The van der Waals surface area contributed by atoms with Crippen molar-refractivity contribution in [1.29, 1.82) is 0 Å². The summed E-state index contributed by atoms with van der Waals surface area (Å²) in [6.45, 7) is 3.03. The summed E-state index contributed by atoms with van der Waals surface area (Å²) < 4.78 is 12.5. The number of ether oxygens (including phenoxy) is 1. The highest BCUT2D eigenvalue weighted by atomic mass is 79.9. The van der Waals surface area contributed by atoms with Gasteiger partial charge in [-0.05, 0) is 53.4 Å². The topological polar surface area (TPSA) is 58.3 Å². The molecule has 4 fully saturated rings. The van der Waals surface area contributed by atoms with E-state index < -0.39 is 0 Å². The van der Waals surface area contributed by atoms with Crippen molar-refractivity contribution in [2.24, 2.45) is 4.99 Å². The molecule has 0 unspecified atom stereocenters. The average molecular weight is 523 g/mol. The molecule has 1 aromatic rings. The Morgan fingerprint density at radius 1 is 1.03 bits per heavy atom. The summed E-state index contributed by atoms with van der Waals surface area (Å²) >= 11 is 5.18. The summed E-state index contributed by atoms with van der Waals surface area (Å²) in [5.41, 5.74) is 0. The molecule has 32 heavy (non-hydrogen) atoms. The van der Waals surface area contributed by atoms with Gasteiger partial charge in [0.05, 0.1) is 28.6 Å². The van der Waals surface area contributed by atoms with Gasteiger partial charge in [0, 0.05) is 31.3 Å². The molecule has 8 heteroatoms. The zero-order valence-corrected chi connectivity index (χ0v) is 21.0. The fourth-order valence-electron chi connectivity index (χ4n) is 5.16. The first-order chi connectivity index (χ1) is 15.7. The first-order valence-electron chi connectivity index (χ1n) is 12.1. The van der Waals surface area contributed by atoms with Crippen LogP contribution in [0.25, 0.3) is 6.08 Å². The molecule has 2 saturated heterocycles. The Morgan fingerprint density at radius 2 is 1.72 bits per heavy atom. The Bertz CT molecular complexity index is 881. The highest BCUT2D eigenvalue weighted by molar-refractivity contribution is 9.10. The number of aliphatic imine (C=N–C) groups is 1. The van der Waals surface area contributed by atoms with Crippen molar-refractivity contribution in [2.45, 2.75) is 76.3 Å². The van der Waals surface area contributed by atoms with E-state index in [1.165, 1.54) is 50.3 Å². The lowest BCUT2D eigenvalue weighted by Gasteiger charge is -2.31. The van der Waals surface area contributed by atoms with E-state index >= 15 is 0 Å². The molecule has 0 atom stereocenters. The van der Waals surface area contributed by atoms with E-state index in [9.17, 15) is 4.79 Å². The van der Waals surface area contributed by atoms with Crippen molar-refractivity contribution in [2.75, 3.05) is 31.2 Å². The zero-order valence-electron chi connectivity index (χ0n) is 18.6. The smallest absolute Gasteiger partial charge is 0.267 e. The Kier molecular flexibility index (Phi) is 7.29. The van der Waals surface area contributed by atoms with E-state index in [0.29, 0.717) is 25.0 Å². The van der Waals surface area contributed by atoms with E-state index in [1.54, 1.807) is 0 Å². The van der Waals surface area contributed by atoms with Gasteiger partial charge in [0.1, 0.15) is 5.76 Å². The number of furan rings is 1. The Balaban J connectivity index is 1.40. The van der Waals surface area contributed by atoms with E-state index in [0.717, 1.165) is 59.2 Å². The lowest BCUT2D eigenvalue weighted by molar-refractivity contribution is -0.124. The SMILES string of the molecule is O=C1/C(=C/c2cc(Br)c(N3CCOCC3)o2)SC(=NC2CCCCC2)N1C1CCCCC1. The van der Waals surface area contributed by atoms with Crippen LogP contribution in [0.4, 0.5) is 5.88 Å². The summed E-state index contributed by atoms with van der Waals surface area (Å²) in [7, 11) is 0. The second-order valence-corrected chi connectivity index (χ2v) is 11.0. The summed E-state index contributed by atoms with van der Waals surface area (Å²) in [5, 5.41) is 0.916. The van der Waals surface area contributed by atoms with Crippen LogP contribution in [-0.2, 0) is 9.53 Å². The second-order valence-electron chi connectivity index (χ2n) is 9.18. The number of halogens is 1. The predicted molar refractivity (Wildman–Crippen MR) is 133 cm³/mol. The third-order valence-electron chi connectivity index (χ3n) is 6.90. The minimum Gasteiger partial charge on any atom is -0.440 e. The summed E-state index contributed by atoms with van der Waals surface area (Å²) in [4.78, 5) is 23.6. The minimum absolute atomic E-state index is 0.0944. The highest BCUT2D eigenvalue weighted by Crippen LogP contribution is 2.40. The molecule has 0 aromatic carbocycles. The molecule has 4 aliphatic rings. The zero-order chi connectivity index (χ0) is 21.9. The van der Waals surface area contributed by atoms with Gasteiger partial charge in [-0.2, -0.15) is 0 Å². The second kappa shape index (κ2) is 10.3. The number of amides is 1. The monoisotopic (exact) mass is 521 g/mol. The first kappa shape index (κ1) is 22.5. The molecule has 0 bridgehead atoms. The lowest BCUT2D eigenvalue weighted by atomic mass is 9.94. The standard InChI is InChI=1S/C24H32BrN3O3S/c25-20-15-19(31-23(20)27-11-13-30-14-12-27)16-21-22(29)28(18-9-5-2-6-10-18)24(32-21)26-17-7-3-1-4-8-17/h15-18H,1-14H2/b21-16-,26-24?. The third-order valence-corrected chi connectivity index (χ3v) is 8.47. The maximum atomic E-state index is 13.5. The van der Waals surface area contributed by atoms with Crippen LogP contribution in [0.2, 0.25) is 0 Å². The van der Waals surface area contributed by atoms with Crippen molar-refractivity contribution < 1.29 is 13.9 Å². The lowest BCUT2D eigenvalue weighted by Crippen LogP contribution is -2.41. The fraction of sp³-hybridized carbons (Fsp3) is 0.667. The van der Waals surface area contributed by atoms with Crippen molar-refractivity contribution in [3.8, 4) is 0 Å². The van der Waals surface area contributed by atoms with Crippen molar-refractivity contribution in [3.05, 3.63) is 21.2 Å². The average Bonchev–Trinajstić information content (AvgIpc) is 3.34. The molecular weight excluding hydrogens is 490 g/mol. The van der Waals surface area contributed by atoms with Crippen LogP contribution in [0.5, 0.6) is 0 Å². The van der Waals surface area contributed by atoms with Crippen LogP contribution < -0.4 is 4.90 Å². The largest absolute Gasteiger partial charge is 0.440 e. The number of carbonyl (C=O) groups excluding carboxylic acids is 1. The van der Waals surface area contributed by atoms with Gasteiger partial charge >= 0.3 is 0 Å². The van der Waals surface area contributed by atoms with Gasteiger partial charge in [-0.1, -0.05) is 38.5 Å². The molecule has 6 nitrogen and oxygen atoms in total. The van der Waals surface area contributed by atoms with E-state index in [-0.39, 0.29) is 11.9 Å². The number of amidine groups is 1. The van der Waals surface area contributed by atoms with Gasteiger partial charge in [-0.15, -0.1) is 0 Å². The Hall–Kier alpha value is -1.25. The molecule has 0 radical (unpaired) electrons. The molecule has 2 saturated carbocycles. The number of nitrogens with zero attached hydrogens (tertiary/aromatic N) is 3. The molecule has 0 spiro atoms.